The third-order valence-electron chi connectivity index (χ3n) is 1.97. The average Bonchev–Trinajstić information content (AvgIpc) is 2.73. The fourth-order valence-corrected chi connectivity index (χ4v) is 1.95. The van der Waals surface area contributed by atoms with Crippen LogP contribution in [0.3, 0.4) is 0 Å². The van der Waals surface area contributed by atoms with E-state index < -0.39 is 0 Å². The molecule has 0 amide bonds. The van der Waals surface area contributed by atoms with E-state index in [1.807, 2.05) is 24.0 Å². The number of thiazole rings is 1. The summed E-state index contributed by atoms with van der Waals surface area (Å²) >= 11 is 4.98. The number of anilines is 1. The van der Waals surface area contributed by atoms with Crippen molar-refractivity contribution in [2.45, 2.75) is 13.5 Å². The molecule has 2 heterocycles. The number of nitrogens with zero attached hydrogens (tertiary/aromatic N) is 2. The van der Waals surface area contributed by atoms with Gasteiger partial charge >= 0.3 is 0 Å². The molecule has 3 nitrogen and oxygen atoms in total. The van der Waals surface area contributed by atoms with Crippen LogP contribution >= 0.6 is 27.3 Å². The second-order valence-corrected chi connectivity index (χ2v) is 4.63. The average molecular weight is 284 g/mol. The predicted molar refractivity (Wildman–Crippen MR) is 66.1 cm³/mol. The van der Waals surface area contributed by atoms with Gasteiger partial charge in [0.1, 0.15) is 4.60 Å². The van der Waals surface area contributed by atoms with Gasteiger partial charge in [-0.05, 0) is 34.5 Å². The molecule has 0 aliphatic carbocycles. The van der Waals surface area contributed by atoms with E-state index in [2.05, 4.69) is 37.3 Å². The first-order valence-electron chi connectivity index (χ1n) is 4.49. The molecule has 0 aliphatic heterocycles. The van der Waals surface area contributed by atoms with Gasteiger partial charge in [0.25, 0.3) is 0 Å². The Morgan fingerprint density at radius 2 is 2.33 bits per heavy atom. The van der Waals surface area contributed by atoms with Crippen LogP contribution in [0.4, 0.5) is 5.69 Å². The zero-order valence-corrected chi connectivity index (χ0v) is 10.6. The van der Waals surface area contributed by atoms with Gasteiger partial charge in [-0.1, -0.05) is 0 Å². The number of pyridine rings is 1. The van der Waals surface area contributed by atoms with E-state index in [0.29, 0.717) is 0 Å². The highest BCUT2D eigenvalue weighted by Gasteiger charge is 1.99. The molecule has 0 saturated heterocycles. The van der Waals surface area contributed by atoms with Crippen molar-refractivity contribution in [2.24, 2.45) is 0 Å². The zero-order chi connectivity index (χ0) is 10.7. The topological polar surface area (TPSA) is 37.8 Å². The Morgan fingerprint density at radius 1 is 1.47 bits per heavy atom. The SMILES string of the molecule is Cc1cc(NCc2cscn2)cnc1Br. The number of hydrogen-bond donors (Lipinski definition) is 1. The molecule has 0 aromatic carbocycles. The Labute approximate surface area is 101 Å². The lowest BCUT2D eigenvalue weighted by atomic mass is 10.3. The minimum Gasteiger partial charge on any atom is -0.378 e. The second-order valence-electron chi connectivity index (χ2n) is 3.17. The molecule has 0 radical (unpaired) electrons. The molecule has 0 spiro atoms. The largest absolute Gasteiger partial charge is 0.378 e. The van der Waals surface area contributed by atoms with E-state index in [-0.39, 0.29) is 0 Å². The maximum atomic E-state index is 4.21. The number of aryl methyl sites for hydroxylation is 1. The Hall–Kier alpha value is -0.940. The highest BCUT2D eigenvalue weighted by Crippen LogP contribution is 2.17. The van der Waals surface area contributed by atoms with Gasteiger partial charge in [0.2, 0.25) is 0 Å². The molecule has 2 rings (SSSR count). The molecule has 2 aromatic heterocycles. The van der Waals surface area contributed by atoms with Crippen LogP contribution in [0.25, 0.3) is 0 Å². The molecule has 0 aliphatic rings. The Kier molecular flexibility index (Phi) is 3.33. The van der Waals surface area contributed by atoms with Crippen molar-refractivity contribution < 1.29 is 0 Å². The number of hydrogen-bond acceptors (Lipinski definition) is 4. The van der Waals surface area contributed by atoms with E-state index in [0.717, 1.165) is 28.1 Å². The van der Waals surface area contributed by atoms with Crippen molar-refractivity contribution in [3.63, 3.8) is 0 Å². The van der Waals surface area contributed by atoms with Gasteiger partial charge in [-0.25, -0.2) is 9.97 Å². The lowest BCUT2D eigenvalue weighted by Gasteiger charge is -2.05. The third-order valence-corrected chi connectivity index (χ3v) is 3.44. The summed E-state index contributed by atoms with van der Waals surface area (Å²) in [6, 6.07) is 2.06. The summed E-state index contributed by atoms with van der Waals surface area (Å²) in [5.41, 5.74) is 5.03. The third kappa shape index (κ3) is 2.76. The number of rotatable bonds is 3. The highest BCUT2D eigenvalue weighted by molar-refractivity contribution is 9.10. The van der Waals surface area contributed by atoms with E-state index in [4.69, 9.17) is 0 Å². The molecule has 0 unspecified atom stereocenters. The quantitative estimate of drug-likeness (QED) is 0.879. The first-order chi connectivity index (χ1) is 7.25. The molecule has 0 atom stereocenters. The van der Waals surface area contributed by atoms with Crippen LogP contribution in [0.1, 0.15) is 11.3 Å². The Bertz CT molecular complexity index is 442. The van der Waals surface area contributed by atoms with Gasteiger partial charge in [-0.3, -0.25) is 0 Å². The summed E-state index contributed by atoms with van der Waals surface area (Å²) in [5, 5.41) is 5.31. The van der Waals surface area contributed by atoms with E-state index in [1.165, 1.54) is 0 Å². The first-order valence-corrected chi connectivity index (χ1v) is 6.22. The molecule has 5 heteroatoms. The maximum absolute atomic E-state index is 4.21. The molecule has 2 aromatic rings. The minimum atomic E-state index is 0.742. The standard InChI is InChI=1S/C10H10BrN3S/c1-7-2-8(3-13-10(7)11)12-4-9-5-15-6-14-9/h2-3,5-6,12H,4H2,1H3. The molecule has 15 heavy (non-hydrogen) atoms. The van der Waals surface area contributed by atoms with Crippen molar-refractivity contribution >= 4 is 33.0 Å². The van der Waals surface area contributed by atoms with Crippen LogP contribution in [0.15, 0.2) is 27.8 Å². The van der Waals surface area contributed by atoms with Crippen molar-refractivity contribution in [2.75, 3.05) is 5.32 Å². The monoisotopic (exact) mass is 283 g/mol. The fourth-order valence-electron chi connectivity index (χ4n) is 1.17. The minimum absolute atomic E-state index is 0.742. The van der Waals surface area contributed by atoms with E-state index in [1.54, 1.807) is 11.3 Å². The normalized spacial score (nSPS) is 10.3. The number of halogens is 1. The van der Waals surface area contributed by atoms with Crippen molar-refractivity contribution in [1.29, 1.82) is 0 Å². The summed E-state index contributed by atoms with van der Waals surface area (Å²) in [4.78, 5) is 8.41. The summed E-state index contributed by atoms with van der Waals surface area (Å²) in [7, 11) is 0. The molecule has 1 N–H and O–H groups in total. The van der Waals surface area contributed by atoms with Gasteiger partial charge in [-0.15, -0.1) is 11.3 Å². The Balaban J connectivity index is 2.02. The molecule has 0 fully saturated rings. The van der Waals surface area contributed by atoms with E-state index >= 15 is 0 Å². The van der Waals surface area contributed by atoms with Crippen LogP contribution in [0.5, 0.6) is 0 Å². The van der Waals surface area contributed by atoms with Crippen LogP contribution in [0, 0.1) is 6.92 Å². The predicted octanol–water partition coefficient (Wildman–Crippen LogP) is 3.22. The number of nitrogens with one attached hydrogen (secondary N) is 1. The van der Waals surface area contributed by atoms with Gasteiger partial charge in [-0.2, -0.15) is 0 Å². The number of aromatic nitrogens is 2. The first kappa shape index (κ1) is 10.6. The fraction of sp³-hybridized carbons (Fsp3) is 0.200. The lowest BCUT2D eigenvalue weighted by molar-refractivity contribution is 1.06. The van der Waals surface area contributed by atoms with Gasteiger partial charge in [0.05, 0.1) is 29.6 Å². The molecular formula is C10H10BrN3S. The molecular weight excluding hydrogens is 274 g/mol. The molecule has 0 saturated carbocycles. The van der Waals surface area contributed by atoms with Crippen molar-refractivity contribution in [1.82, 2.24) is 9.97 Å². The summed E-state index contributed by atoms with van der Waals surface area (Å²) < 4.78 is 0.890. The van der Waals surface area contributed by atoms with Gasteiger partial charge in [0.15, 0.2) is 0 Å². The summed E-state index contributed by atoms with van der Waals surface area (Å²) in [6.07, 6.45) is 1.81. The lowest BCUT2D eigenvalue weighted by Crippen LogP contribution is -2.00. The smallest absolute Gasteiger partial charge is 0.109 e. The zero-order valence-electron chi connectivity index (χ0n) is 8.20. The van der Waals surface area contributed by atoms with Crippen molar-refractivity contribution in [3.8, 4) is 0 Å². The summed E-state index contributed by atoms with van der Waals surface area (Å²) in [6.45, 7) is 2.76. The van der Waals surface area contributed by atoms with Crippen LogP contribution in [-0.2, 0) is 6.54 Å². The van der Waals surface area contributed by atoms with E-state index in [9.17, 15) is 0 Å². The highest BCUT2D eigenvalue weighted by atomic mass is 79.9. The second kappa shape index (κ2) is 4.72. The van der Waals surface area contributed by atoms with Crippen molar-refractivity contribution in [3.05, 3.63) is 39.0 Å². The van der Waals surface area contributed by atoms with Crippen LogP contribution in [0.2, 0.25) is 0 Å². The molecule has 78 valence electrons. The maximum Gasteiger partial charge on any atom is 0.109 e. The summed E-state index contributed by atoms with van der Waals surface area (Å²) in [5.74, 6) is 0. The van der Waals surface area contributed by atoms with Gasteiger partial charge < -0.3 is 5.32 Å². The van der Waals surface area contributed by atoms with Crippen LogP contribution in [-0.4, -0.2) is 9.97 Å². The Morgan fingerprint density at radius 3 is 3.00 bits per heavy atom. The van der Waals surface area contributed by atoms with Crippen LogP contribution < -0.4 is 5.32 Å². The van der Waals surface area contributed by atoms with Gasteiger partial charge in [0, 0.05) is 5.38 Å². The molecule has 0 bridgehead atoms.